The molecule has 0 amide bonds. The molecule has 0 heterocycles. The Bertz CT molecular complexity index is 545. The lowest BCUT2D eigenvalue weighted by Crippen LogP contribution is -1.88. The first-order valence-corrected chi connectivity index (χ1v) is 6.23. The first-order valence-electron chi connectivity index (χ1n) is 5.04. The first kappa shape index (κ1) is 12.5. The van der Waals surface area contributed by atoms with Crippen LogP contribution < -0.4 is 0 Å². The number of halogens is 3. The molecule has 2 aromatic rings. The standard InChI is InChI=1S/C14H9Cl3/c15-9-12(10-5-2-1-3-6-10)11-7-4-8-13(16)14(11)17/h1-9H. The van der Waals surface area contributed by atoms with Crippen molar-refractivity contribution in [1.29, 1.82) is 0 Å². The highest BCUT2D eigenvalue weighted by atomic mass is 35.5. The van der Waals surface area contributed by atoms with Crippen LogP contribution in [0, 0.1) is 0 Å². The van der Waals surface area contributed by atoms with Crippen LogP contribution in [0.4, 0.5) is 0 Å². The average molecular weight is 284 g/mol. The molecule has 0 aromatic heterocycles. The maximum Gasteiger partial charge on any atom is 0.0671 e. The lowest BCUT2D eigenvalue weighted by Gasteiger charge is -2.09. The molecule has 0 nitrogen and oxygen atoms in total. The molecule has 86 valence electrons. The van der Waals surface area contributed by atoms with Crippen molar-refractivity contribution in [3.05, 3.63) is 75.2 Å². The molecule has 0 unspecified atom stereocenters. The van der Waals surface area contributed by atoms with Gasteiger partial charge >= 0.3 is 0 Å². The van der Waals surface area contributed by atoms with Crippen LogP contribution in [-0.2, 0) is 0 Å². The second kappa shape index (κ2) is 5.59. The predicted octanol–water partition coefficient (Wildman–Crippen LogP) is 5.62. The van der Waals surface area contributed by atoms with Gasteiger partial charge in [0, 0.05) is 16.7 Å². The zero-order chi connectivity index (χ0) is 12.3. The summed E-state index contributed by atoms with van der Waals surface area (Å²) in [5.74, 6) is 0. The highest BCUT2D eigenvalue weighted by Crippen LogP contribution is 2.34. The molecule has 0 saturated carbocycles. The number of benzene rings is 2. The van der Waals surface area contributed by atoms with Crippen LogP contribution >= 0.6 is 34.8 Å². The highest BCUT2D eigenvalue weighted by molar-refractivity contribution is 6.43. The van der Waals surface area contributed by atoms with Gasteiger partial charge in [-0.2, -0.15) is 0 Å². The summed E-state index contributed by atoms with van der Waals surface area (Å²) in [6.45, 7) is 0. The summed E-state index contributed by atoms with van der Waals surface area (Å²) in [5.41, 5.74) is 4.22. The van der Waals surface area contributed by atoms with Crippen molar-refractivity contribution >= 4 is 40.4 Å². The third kappa shape index (κ3) is 2.66. The maximum atomic E-state index is 6.19. The molecule has 2 aromatic carbocycles. The van der Waals surface area contributed by atoms with Crippen molar-refractivity contribution in [1.82, 2.24) is 0 Å². The van der Waals surface area contributed by atoms with Gasteiger partial charge in [0.05, 0.1) is 10.0 Å². The van der Waals surface area contributed by atoms with Gasteiger partial charge in [0.25, 0.3) is 0 Å². The summed E-state index contributed by atoms with van der Waals surface area (Å²) < 4.78 is 0. The van der Waals surface area contributed by atoms with Crippen LogP contribution in [0.1, 0.15) is 11.1 Å². The Morgan fingerprint density at radius 2 is 1.59 bits per heavy atom. The fraction of sp³-hybridized carbons (Fsp3) is 0. The molecular weight excluding hydrogens is 275 g/mol. The Morgan fingerprint density at radius 3 is 2.24 bits per heavy atom. The van der Waals surface area contributed by atoms with Crippen LogP contribution in [0.3, 0.4) is 0 Å². The number of hydrogen-bond acceptors (Lipinski definition) is 0. The van der Waals surface area contributed by atoms with E-state index in [-0.39, 0.29) is 0 Å². The van der Waals surface area contributed by atoms with E-state index in [1.807, 2.05) is 42.5 Å². The molecule has 0 saturated heterocycles. The maximum absolute atomic E-state index is 6.19. The molecule has 0 bridgehead atoms. The molecule has 0 spiro atoms. The minimum Gasteiger partial charge on any atom is -0.0923 e. The molecule has 17 heavy (non-hydrogen) atoms. The molecule has 0 aliphatic carbocycles. The van der Waals surface area contributed by atoms with Gasteiger partial charge in [-0.1, -0.05) is 77.3 Å². The van der Waals surface area contributed by atoms with Gasteiger partial charge in [-0.05, 0) is 11.6 Å². The smallest absolute Gasteiger partial charge is 0.0671 e. The Balaban J connectivity index is 2.55. The van der Waals surface area contributed by atoms with Crippen molar-refractivity contribution in [2.75, 3.05) is 0 Å². The Labute approximate surface area is 115 Å². The Morgan fingerprint density at radius 1 is 0.882 bits per heavy atom. The second-order valence-electron chi connectivity index (χ2n) is 3.49. The van der Waals surface area contributed by atoms with Crippen molar-refractivity contribution < 1.29 is 0 Å². The molecule has 0 aliphatic heterocycles. The summed E-state index contributed by atoms with van der Waals surface area (Å²) in [7, 11) is 0. The van der Waals surface area contributed by atoms with Gasteiger partial charge in [-0.15, -0.1) is 0 Å². The van der Waals surface area contributed by atoms with Crippen LogP contribution in [0.15, 0.2) is 54.1 Å². The molecule has 0 fully saturated rings. The zero-order valence-electron chi connectivity index (χ0n) is 8.83. The summed E-state index contributed by atoms with van der Waals surface area (Å²) in [4.78, 5) is 0. The van der Waals surface area contributed by atoms with E-state index >= 15 is 0 Å². The molecule has 0 aliphatic rings. The van der Waals surface area contributed by atoms with E-state index in [9.17, 15) is 0 Å². The molecular formula is C14H9Cl3. The molecule has 3 heteroatoms. The third-order valence-electron chi connectivity index (χ3n) is 2.44. The van der Waals surface area contributed by atoms with E-state index < -0.39 is 0 Å². The van der Waals surface area contributed by atoms with E-state index in [1.54, 1.807) is 6.07 Å². The topological polar surface area (TPSA) is 0 Å². The normalized spacial score (nSPS) is 11.6. The highest BCUT2D eigenvalue weighted by Gasteiger charge is 2.10. The van der Waals surface area contributed by atoms with Gasteiger partial charge in [0.15, 0.2) is 0 Å². The second-order valence-corrected chi connectivity index (χ2v) is 4.49. The minimum atomic E-state index is 0.518. The third-order valence-corrected chi connectivity index (χ3v) is 3.47. The molecule has 0 atom stereocenters. The largest absolute Gasteiger partial charge is 0.0923 e. The SMILES string of the molecule is ClC=C(c1ccccc1)c1cccc(Cl)c1Cl. The zero-order valence-corrected chi connectivity index (χ0v) is 11.1. The van der Waals surface area contributed by atoms with E-state index in [1.165, 1.54) is 5.54 Å². The Kier molecular flexibility index (Phi) is 4.11. The van der Waals surface area contributed by atoms with Crippen LogP contribution in [0.2, 0.25) is 10.0 Å². The summed E-state index contributed by atoms with van der Waals surface area (Å²) >= 11 is 18.1. The number of hydrogen-bond donors (Lipinski definition) is 0. The summed E-state index contributed by atoms with van der Waals surface area (Å²) in [6, 6.07) is 15.3. The molecule has 0 radical (unpaired) electrons. The van der Waals surface area contributed by atoms with E-state index in [0.717, 1.165) is 16.7 Å². The lowest BCUT2D eigenvalue weighted by atomic mass is 10.00. The van der Waals surface area contributed by atoms with Crippen molar-refractivity contribution in [2.45, 2.75) is 0 Å². The number of rotatable bonds is 2. The van der Waals surface area contributed by atoms with Gasteiger partial charge in [-0.25, -0.2) is 0 Å². The summed E-state index contributed by atoms with van der Waals surface area (Å²) in [5, 5.41) is 1.04. The van der Waals surface area contributed by atoms with E-state index in [2.05, 4.69) is 0 Å². The van der Waals surface area contributed by atoms with Crippen LogP contribution in [0.5, 0.6) is 0 Å². The van der Waals surface area contributed by atoms with E-state index in [0.29, 0.717) is 10.0 Å². The quantitative estimate of drug-likeness (QED) is 0.671. The molecule has 2 rings (SSSR count). The van der Waals surface area contributed by atoms with Gasteiger partial charge in [0.2, 0.25) is 0 Å². The van der Waals surface area contributed by atoms with Crippen molar-refractivity contribution in [2.24, 2.45) is 0 Å². The van der Waals surface area contributed by atoms with Crippen molar-refractivity contribution in [3.63, 3.8) is 0 Å². The molecule has 0 N–H and O–H groups in total. The minimum absolute atomic E-state index is 0.518. The van der Waals surface area contributed by atoms with Gasteiger partial charge in [0.1, 0.15) is 0 Å². The lowest BCUT2D eigenvalue weighted by molar-refractivity contribution is 1.55. The first-order chi connectivity index (χ1) is 8.24. The fourth-order valence-electron chi connectivity index (χ4n) is 1.61. The Hall–Kier alpha value is -0.950. The van der Waals surface area contributed by atoms with Gasteiger partial charge < -0.3 is 0 Å². The summed E-state index contributed by atoms with van der Waals surface area (Å²) in [6.07, 6.45) is 0. The van der Waals surface area contributed by atoms with E-state index in [4.69, 9.17) is 34.8 Å². The van der Waals surface area contributed by atoms with Gasteiger partial charge in [-0.3, -0.25) is 0 Å². The average Bonchev–Trinajstić information content (AvgIpc) is 2.37. The fourth-order valence-corrected chi connectivity index (χ4v) is 2.25. The van der Waals surface area contributed by atoms with Crippen LogP contribution in [-0.4, -0.2) is 0 Å². The van der Waals surface area contributed by atoms with Crippen molar-refractivity contribution in [3.8, 4) is 0 Å². The monoisotopic (exact) mass is 282 g/mol. The predicted molar refractivity (Wildman–Crippen MR) is 75.8 cm³/mol. The van der Waals surface area contributed by atoms with Crippen LogP contribution in [0.25, 0.3) is 5.57 Å².